The number of nitrogens with zero attached hydrogens (tertiary/aromatic N) is 3. The summed E-state index contributed by atoms with van der Waals surface area (Å²) in [6, 6.07) is 8.44. The predicted octanol–water partition coefficient (Wildman–Crippen LogP) is 2.92. The number of imide groups is 1. The van der Waals surface area contributed by atoms with Crippen molar-refractivity contribution in [3.05, 3.63) is 41.1 Å². The molecule has 0 aliphatic carbocycles. The lowest BCUT2D eigenvalue weighted by atomic mass is 10.1. The lowest BCUT2D eigenvalue weighted by Crippen LogP contribution is -2.32. The quantitative estimate of drug-likeness (QED) is 0.811. The number of carbonyl (C=O) groups excluding carboxylic acids is 2. The van der Waals surface area contributed by atoms with E-state index in [9.17, 15) is 9.59 Å². The molecule has 118 valence electrons. The Morgan fingerprint density at radius 3 is 2.78 bits per heavy atom. The van der Waals surface area contributed by atoms with E-state index < -0.39 is 0 Å². The van der Waals surface area contributed by atoms with E-state index in [1.54, 1.807) is 23.1 Å². The first-order valence-electron chi connectivity index (χ1n) is 7.47. The second kappa shape index (κ2) is 5.38. The van der Waals surface area contributed by atoms with Crippen molar-refractivity contribution in [3.8, 4) is 11.3 Å². The molecule has 0 unspecified atom stereocenters. The maximum atomic E-state index is 12.3. The number of hydrogen-bond acceptors (Lipinski definition) is 4. The van der Waals surface area contributed by atoms with Gasteiger partial charge in [-0.3, -0.25) is 9.69 Å². The molecule has 0 spiro atoms. The van der Waals surface area contributed by atoms with Crippen LogP contribution in [-0.4, -0.2) is 39.5 Å². The van der Waals surface area contributed by atoms with Gasteiger partial charge in [0.15, 0.2) is 5.76 Å². The first-order valence-corrected chi connectivity index (χ1v) is 7.85. The van der Waals surface area contributed by atoms with Gasteiger partial charge in [-0.1, -0.05) is 28.9 Å². The molecule has 2 aliphatic rings. The highest BCUT2D eigenvalue weighted by Gasteiger charge is 2.47. The summed E-state index contributed by atoms with van der Waals surface area (Å²) >= 11 is 5.87. The molecule has 1 aromatic carbocycles. The smallest absolute Gasteiger partial charge is 0.327 e. The van der Waals surface area contributed by atoms with Crippen LogP contribution in [0, 0.1) is 0 Å². The van der Waals surface area contributed by atoms with Gasteiger partial charge in [0.05, 0.1) is 6.54 Å². The molecule has 0 bridgehead atoms. The van der Waals surface area contributed by atoms with Gasteiger partial charge in [-0.25, -0.2) is 4.79 Å². The Morgan fingerprint density at radius 2 is 2.04 bits per heavy atom. The fourth-order valence-corrected chi connectivity index (χ4v) is 3.25. The molecule has 3 amide bonds. The maximum absolute atomic E-state index is 12.3. The summed E-state index contributed by atoms with van der Waals surface area (Å²) in [6.07, 6.45) is 1.63. The Balaban J connectivity index is 1.53. The van der Waals surface area contributed by atoms with Crippen LogP contribution >= 0.6 is 11.6 Å². The molecule has 4 rings (SSSR count). The Hall–Kier alpha value is -2.34. The van der Waals surface area contributed by atoms with E-state index in [-0.39, 0.29) is 24.5 Å². The minimum Gasteiger partial charge on any atom is -0.359 e. The molecule has 1 atom stereocenters. The van der Waals surface area contributed by atoms with Gasteiger partial charge in [0.1, 0.15) is 11.7 Å². The number of halogens is 1. The van der Waals surface area contributed by atoms with Gasteiger partial charge < -0.3 is 9.42 Å². The molecule has 2 aliphatic heterocycles. The van der Waals surface area contributed by atoms with Crippen molar-refractivity contribution >= 4 is 23.5 Å². The average Bonchev–Trinajstić information content (AvgIpc) is 3.25. The molecule has 0 N–H and O–H groups in total. The van der Waals surface area contributed by atoms with Crippen LogP contribution in [0.5, 0.6) is 0 Å². The molecular formula is C16H14ClN3O3. The lowest BCUT2D eigenvalue weighted by Gasteiger charge is -2.13. The van der Waals surface area contributed by atoms with Gasteiger partial charge in [0.25, 0.3) is 5.91 Å². The van der Waals surface area contributed by atoms with E-state index in [0.29, 0.717) is 23.0 Å². The Labute approximate surface area is 137 Å². The zero-order chi connectivity index (χ0) is 16.0. The van der Waals surface area contributed by atoms with Gasteiger partial charge >= 0.3 is 6.03 Å². The number of carbonyl (C=O) groups is 2. The second-order valence-corrected chi connectivity index (χ2v) is 6.18. The standard InChI is InChI=1S/C16H14ClN3O3/c17-11-5-3-10(4-6-11)13-8-12(23-18-13)9-20-15(21)14-2-1-7-19(14)16(20)22/h3-6,8,14H,1-2,7,9H2/t14-/m0/s1. The summed E-state index contributed by atoms with van der Waals surface area (Å²) in [5.41, 5.74) is 1.51. The minimum atomic E-state index is -0.291. The second-order valence-electron chi connectivity index (χ2n) is 5.74. The molecule has 2 saturated heterocycles. The summed E-state index contributed by atoms with van der Waals surface area (Å²) in [7, 11) is 0. The van der Waals surface area contributed by atoms with Crippen molar-refractivity contribution in [1.82, 2.24) is 15.0 Å². The fourth-order valence-electron chi connectivity index (χ4n) is 3.13. The molecule has 0 radical (unpaired) electrons. The average molecular weight is 332 g/mol. The Bertz CT molecular complexity index is 749. The normalized spacial score (nSPS) is 20.5. The van der Waals surface area contributed by atoms with Gasteiger partial charge in [-0.05, 0) is 25.0 Å². The van der Waals surface area contributed by atoms with Crippen LogP contribution in [0.4, 0.5) is 4.79 Å². The number of fused-ring (bicyclic) bond motifs is 1. The van der Waals surface area contributed by atoms with Crippen LogP contribution in [0.3, 0.4) is 0 Å². The third kappa shape index (κ3) is 2.39. The van der Waals surface area contributed by atoms with Gasteiger partial charge in [-0.15, -0.1) is 0 Å². The molecule has 6 nitrogen and oxygen atoms in total. The summed E-state index contributed by atoms with van der Waals surface area (Å²) in [5.74, 6) is 0.342. The van der Waals surface area contributed by atoms with Crippen LogP contribution in [0.25, 0.3) is 11.3 Å². The monoisotopic (exact) mass is 331 g/mol. The zero-order valence-electron chi connectivity index (χ0n) is 12.2. The largest absolute Gasteiger partial charge is 0.359 e. The van der Waals surface area contributed by atoms with E-state index >= 15 is 0 Å². The number of aromatic nitrogens is 1. The zero-order valence-corrected chi connectivity index (χ0v) is 13.0. The molecule has 3 heterocycles. The maximum Gasteiger partial charge on any atom is 0.327 e. The molecule has 2 fully saturated rings. The van der Waals surface area contributed by atoms with Crippen molar-refractivity contribution < 1.29 is 14.1 Å². The number of benzene rings is 1. The van der Waals surface area contributed by atoms with Crippen LogP contribution in [0.2, 0.25) is 5.02 Å². The van der Waals surface area contributed by atoms with Crippen LogP contribution < -0.4 is 0 Å². The van der Waals surface area contributed by atoms with E-state index in [1.807, 2.05) is 12.1 Å². The van der Waals surface area contributed by atoms with E-state index in [0.717, 1.165) is 18.4 Å². The SMILES string of the molecule is O=C1[C@@H]2CCCN2C(=O)N1Cc1cc(-c2ccc(Cl)cc2)no1. The van der Waals surface area contributed by atoms with Crippen molar-refractivity contribution in [2.75, 3.05) is 6.54 Å². The van der Waals surface area contributed by atoms with Crippen LogP contribution in [-0.2, 0) is 11.3 Å². The van der Waals surface area contributed by atoms with Crippen molar-refractivity contribution in [2.45, 2.75) is 25.4 Å². The van der Waals surface area contributed by atoms with Gasteiger partial charge in [0, 0.05) is 23.2 Å². The molecular weight excluding hydrogens is 318 g/mol. The van der Waals surface area contributed by atoms with Crippen LogP contribution in [0.1, 0.15) is 18.6 Å². The van der Waals surface area contributed by atoms with Crippen molar-refractivity contribution in [3.63, 3.8) is 0 Å². The molecule has 7 heteroatoms. The highest BCUT2D eigenvalue weighted by molar-refractivity contribution is 6.30. The third-order valence-corrected chi connectivity index (χ3v) is 4.55. The summed E-state index contributed by atoms with van der Waals surface area (Å²) < 4.78 is 5.28. The van der Waals surface area contributed by atoms with E-state index in [1.165, 1.54) is 4.90 Å². The Kier molecular flexibility index (Phi) is 3.34. The van der Waals surface area contributed by atoms with Crippen LogP contribution in [0.15, 0.2) is 34.9 Å². The van der Waals surface area contributed by atoms with Crippen molar-refractivity contribution in [2.24, 2.45) is 0 Å². The molecule has 23 heavy (non-hydrogen) atoms. The predicted molar refractivity (Wildman–Crippen MR) is 82.6 cm³/mol. The minimum absolute atomic E-state index is 0.116. The number of amides is 3. The van der Waals surface area contributed by atoms with Crippen molar-refractivity contribution in [1.29, 1.82) is 0 Å². The summed E-state index contributed by atoms with van der Waals surface area (Å²) in [4.78, 5) is 27.5. The fraction of sp³-hybridized carbons (Fsp3) is 0.312. The first kappa shape index (κ1) is 14.3. The molecule has 2 aromatic rings. The molecule has 0 saturated carbocycles. The highest BCUT2D eigenvalue weighted by atomic mass is 35.5. The van der Waals surface area contributed by atoms with E-state index in [4.69, 9.17) is 16.1 Å². The lowest BCUT2D eigenvalue weighted by molar-refractivity contribution is -0.128. The van der Waals surface area contributed by atoms with E-state index in [2.05, 4.69) is 5.16 Å². The van der Waals surface area contributed by atoms with Gasteiger partial charge in [-0.2, -0.15) is 0 Å². The number of hydrogen-bond donors (Lipinski definition) is 0. The summed E-state index contributed by atoms with van der Waals surface area (Å²) in [6.45, 7) is 0.767. The highest BCUT2D eigenvalue weighted by Crippen LogP contribution is 2.29. The summed E-state index contributed by atoms with van der Waals surface area (Å²) in [5, 5.41) is 4.64. The topological polar surface area (TPSA) is 66.7 Å². The molecule has 1 aromatic heterocycles. The third-order valence-electron chi connectivity index (χ3n) is 4.29. The number of rotatable bonds is 3. The first-order chi connectivity index (χ1) is 11.1. The Morgan fingerprint density at radius 1 is 1.26 bits per heavy atom. The van der Waals surface area contributed by atoms with Gasteiger partial charge in [0.2, 0.25) is 0 Å². The number of urea groups is 1.